The highest BCUT2D eigenvalue weighted by Gasteiger charge is 2.24. The summed E-state index contributed by atoms with van der Waals surface area (Å²) in [5, 5.41) is 6.96. The molecule has 1 heterocycles. The minimum Gasteiger partial charge on any atom is -0.380 e. The van der Waals surface area contributed by atoms with Gasteiger partial charge in [0.25, 0.3) is 0 Å². The molecule has 1 aliphatic heterocycles. The molecule has 1 unspecified atom stereocenters. The third kappa shape index (κ3) is 5.47. The van der Waals surface area contributed by atoms with Crippen molar-refractivity contribution in [3.63, 3.8) is 0 Å². The van der Waals surface area contributed by atoms with Crippen LogP contribution in [0.25, 0.3) is 0 Å². The Balaban J connectivity index is 1.50. The van der Waals surface area contributed by atoms with Gasteiger partial charge < -0.3 is 20.3 Å². The van der Waals surface area contributed by atoms with Gasteiger partial charge in [-0.25, -0.2) is 0 Å². The number of nitrogens with zero attached hydrogens (tertiary/aromatic N) is 2. The van der Waals surface area contributed by atoms with E-state index in [0.29, 0.717) is 12.6 Å². The number of nitrogens with one attached hydrogen (secondary N) is 2. The smallest absolute Gasteiger partial charge is 0.191 e. The van der Waals surface area contributed by atoms with E-state index in [0.717, 1.165) is 36.5 Å². The van der Waals surface area contributed by atoms with Gasteiger partial charge >= 0.3 is 0 Å². The second-order valence-electron chi connectivity index (χ2n) is 6.70. The normalized spacial score (nSPS) is 17.2. The molecule has 0 aromatic heterocycles. The van der Waals surface area contributed by atoms with Gasteiger partial charge in [-0.2, -0.15) is 0 Å². The highest BCUT2D eigenvalue weighted by molar-refractivity contribution is 9.10. The van der Waals surface area contributed by atoms with Crippen molar-refractivity contribution >= 4 is 27.6 Å². The first kappa shape index (κ1) is 19.7. The highest BCUT2D eigenvalue weighted by atomic mass is 79.9. The lowest BCUT2D eigenvalue weighted by Gasteiger charge is -2.21. The number of para-hydroxylation sites is 1. The Morgan fingerprint density at radius 1 is 1.19 bits per heavy atom. The molecular formula is C21H27BrN4O. The van der Waals surface area contributed by atoms with Crippen molar-refractivity contribution in [3.8, 4) is 0 Å². The molecule has 1 aliphatic rings. The molecule has 0 amide bonds. The fourth-order valence-corrected chi connectivity index (χ4v) is 3.83. The Morgan fingerprint density at radius 2 is 1.93 bits per heavy atom. The van der Waals surface area contributed by atoms with Crippen LogP contribution in [0.3, 0.4) is 0 Å². The molecule has 6 heteroatoms. The Labute approximate surface area is 170 Å². The van der Waals surface area contributed by atoms with E-state index < -0.39 is 0 Å². The van der Waals surface area contributed by atoms with Crippen LogP contribution in [-0.4, -0.2) is 39.2 Å². The van der Waals surface area contributed by atoms with Gasteiger partial charge in [0.15, 0.2) is 5.96 Å². The van der Waals surface area contributed by atoms with E-state index in [1.54, 1.807) is 7.11 Å². The maximum absolute atomic E-state index is 5.15. The number of methoxy groups -OCH3 is 1. The third-order valence-electron chi connectivity index (χ3n) is 4.74. The van der Waals surface area contributed by atoms with Gasteiger partial charge in [-0.05, 0) is 45.6 Å². The van der Waals surface area contributed by atoms with E-state index in [-0.39, 0.29) is 0 Å². The average molecular weight is 431 g/mol. The number of hydrogen-bond donors (Lipinski definition) is 2. The van der Waals surface area contributed by atoms with Gasteiger partial charge in [0.2, 0.25) is 0 Å². The Morgan fingerprint density at radius 3 is 2.63 bits per heavy atom. The van der Waals surface area contributed by atoms with Crippen LogP contribution in [0.2, 0.25) is 0 Å². The molecule has 2 aromatic rings. The molecule has 3 rings (SSSR count). The summed E-state index contributed by atoms with van der Waals surface area (Å²) in [6, 6.07) is 17.2. The molecule has 0 saturated carbocycles. The van der Waals surface area contributed by atoms with Crippen molar-refractivity contribution in [1.29, 1.82) is 0 Å². The van der Waals surface area contributed by atoms with Gasteiger partial charge in [0.1, 0.15) is 0 Å². The molecular weight excluding hydrogens is 404 g/mol. The van der Waals surface area contributed by atoms with Crippen molar-refractivity contribution in [1.82, 2.24) is 10.6 Å². The summed E-state index contributed by atoms with van der Waals surface area (Å²) in [7, 11) is 3.53. The largest absolute Gasteiger partial charge is 0.380 e. The fourth-order valence-electron chi connectivity index (χ4n) is 3.30. The van der Waals surface area contributed by atoms with Crippen LogP contribution >= 0.6 is 15.9 Å². The third-order valence-corrected chi connectivity index (χ3v) is 5.41. The lowest BCUT2D eigenvalue weighted by Crippen LogP contribution is -2.44. The predicted octanol–water partition coefficient (Wildman–Crippen LogP) is 3.54. The zero-order chi connectivity index (χ0) is 19.1. The second kappa shape index (κ2) is 9.76. The first-order chi connectivity index (χ1) is 13.2. The highest BCUT2D eigenvalue weighted by Crippen LogP contribution is 2.28. The molecule has 5 nitrogen and oxygen atoms in total. The fraction of sp³-hybridized carbons (Fsp3) is 0.381. The minimum absolute atomic E-state index is 0.382. The van der Waals surface area contributed by atoms with Crippen LogP contribution in [0.15, 0.2) is 58.0 Å². The topological polar surface area (TPSA) is 48.9 Å². The average Bonchev–Trinajstić information content (AvgIpc) is 3.15. The zero-order valence-electron chi connectivity index (χ0n) is 15.9. The van der Waals surface area contributed by atoms with Crippen molar-refractivity contribution in [2.24, 2.45) is 4.99 Å². The molecule has 0 aliphatic carbocycles. The minimum atomic E-state index is 0.382. The summed E-state index contributed by atoms with van der Waals surface area (Å²) in [4.78, 5) is 6.78. The SMILES string of the molecule is CN=C(NCc1ccc(COC)cc1)NC1CCN(c2ccccc2Br)C1. The maximum atomic E-state index is 5.15. The summed E-state index contributed by atoms with van der Waals surface area (Å²) in [5.41, 5.74) is 3.65. The second-order valence-corrected chi connectivity index (χ2v) is 7.56. The van der Waals surface area contributed by atoms with Crippen molar-refractivity contribution in [3.05, 3.63) is 64.1 Å². The number of halogens is 1. The number of ether oxygens (including phenoxy) is 1. The predicted molar refractivity (Wildman–Crippen MR) is 115 cm³/mol. The number of hydrogen-bond acceptors (Lipinski definition) is 3. The van der Waals surface area contributed by atoms with Gasteiger partial charge in [0.05, 0.1) is 12.3 Å². The van der Waals surface area contributed by atoms with Crippen LogP contribution in [0, 0.1) is 0 Å². The van der Waals surface area contributed by atoms with E-state index in [1.165, 1.54) is 16.8 Å². The standard InChI is InChI=1S/C21H27BrN4O/c1-23-21(24-13-16-7-9-17(10-8-16)15-27-2)25-18-11-12-26(14-18)20-6-4-3-5-19(20)22/h3-10,18H,11-15H2,1-2H3,(H2,23,24,25). The molecule has 27 heavy (non-hydrogen) atoms. The van der Waals surface area contributed by atoms with E-state index in [4.69, 9.17) is 4.74 Å². The van der Waals surface area contributed by atoms with Crippen molar-refractivity contribution < 1.29 is 4.74 Å². The molecule has 0 radical (unpaired) electrons. The van der Waals surface area contributed by atoms with Crippen molar-refractivity contribution in [2.75, 3.05) is 32.1 Å². The lowest BCUT2D eigenvalue weighted by atomic mass is 10.1. The molecule has 1 atom stereocenters. The van der Waals surface area contributed by atoms with E-state index >= 15 is 0 Å². The molecule has 0 bridgehead atoms. The van der Waals surface area contributed by atoms with Crippen LogP contribution in [0.5, 0.6) is 0 Å². The van der Waals surface area contributed by atoms with Gasteiger partial charge in [-0.3, -0.25) is 4.99 Å². The first-order valence-corrected chi connectivity index (χ1v) is 10.0. The molecule has 1 fully saturated rings. The molecule has 0 spiro atoms. The maximum Gasteiger partial charge on any atom is 0.191 e. The molecule has 144 valence electrons. The van der Waals surface area contributed by atoms with Crippen LogP contribution in [0.4, 0.5) is 5.69 Å². The molecule has 2 aromatic carbocycles. The monoisotopic (exact) mass is 430 g/mol. The lowest BCUT2D eigenvalue weighted by molar-refractivity contribution is 0.185. The molecule has 1 saturated heterocycles. The number of aliphatic imine (C=N–C) groups is 1. The quantitative estimate of drug-likeness (QED) is 0.543. The van der Waals surface area contributed by atoms with E-state index in [9.17, 15) is 0 Å². The number of benzene rings is 2. The summed E-state index contributed by atoms with van der Waals surface area (Å²) >= 11 is 3.65. The van der Waals surface area contributed by atoms with Crippen LogP contribution in [-0.2, 0) is 17.9 Å². The number of guanidine groups is 1. The zero-order valence-corrected chi connectivity index (χ0v) is 17.5. The summed E-state index contributed by atoms with van der Waals surface area (Å²) < 4.78 is 6.30. The first-order valence-electron chi connectivity index (χ1n) is 9.23. The van der Waals surface area contributed by atoms with Crippen LogP contribution in [0.1, 0.15) is 17.5 Å². The van der Waals surface area contributed by atoms with Gasteiger partial charge in [0, 0.05) is 44.3 Å². The summed E-state index contributed by atoms with van der Waals surface area (Å²) in [5.74, 6) is 0.843. The summed E-state index contributed by atoms with van der Waals surface area (Å²) in [6.45, 7) is 3.40. The van der Waals surface area contributed by atoms with Gasteiger partial charge in [-0.1, -0.05) is 36.4 Å². The van der Waals surface area contributed by atoms with Crippen molar-refractivity contribution in [2.45, 2.75) is 25.6 Å². The number of anilines is 1. The van der Waals surface area contributed by atoms with Gasteiger partial charge in [-0.15, -0.1) is 0 Å². The Kier molecular flexibility index (Phi) is 7.12. The van der Waals surface area contributed by atoms with E-state index in [2.05, 4.69) is 78.9 Å². The number of rotatable bonds is 6. The Hall–Kier alpha value is -2.05. The Bertz CT molecular complexity index is 763. The molecule has 2 N–H and O–H groups in total. The van der Waals surface area contributed by atoms with Crippen LogP contribution < -0.4 is 15.5 Å². The van der Waals surface area contributed by atoms with E-state index in [1.807, 2.05) is 13.1 Å². The summed E-state index contributed by atoms with van der Waals surface area (Å²) in [6.07, 6.45) is 1.09.